The van der Waals surface area contributed by atoms with Gasteiger partial charge in [-0.2, -0.15) is 0 Å². The summed E-state index contributed by atoms with van der Waals surface area (Å²) in [5, 5.41) is 3.00. The second kappa shape index (κ2) is 6.54. The van der Waals surface area contributed by atoms with Gasteiger partial charge in [-0.25, -0.2) is 0 Å². The molecule has 124 valence electrons. The molecule has 4 rings (SSSR count). The highest BCUT2D eigenvalue weighted by atomic mass is 16.5. The fourth-order valence-electron chi connectivity index (χ4n) is 3.40. The third-order valence-corrected chi connectivity index (χ3v) is 4.55. The van der Waals surface area contributed by atoms with E-state index in [1.807, 2.05) is 30.3 Å². The van der Waals surface area contributed by atoms with E-state index in [0.717, 1.165) is 17.7 Å². The molecule has 3 nitrogen and oxygen atoms in total. The molecule has 0 atom stereocenters. The fraction of sp³-hybridized carbons (Fsp3) is 0.136. The van der Waals surface area contributed by atoms with Crippen LogP contribution in [0.25, 0.3) is 11.1 Å². The first kappa shape index (κ1) is 15.6. The number of hydrogen-bond donors (Lipinski definition) is 1. The summed E-state index contributed by atoms with van der Waals surface area (Å²) in [6.07, 6.45) is 0.915. The Bertz CT molecular complexity index is 946. The molecule has 0 saturated heterocycles. The average Bonchev–Trinajstić information content (AvgIpc) is 3.00. The van der Waals surface area contributed by atoms with Crippen LogP contribution in [0.5, 0.6) is 0 Å². The topological polar surface area (TPSA) is 38.3 Å². The van der Waals surface area contributed by atoms with E-state index in [4.69, 9.17) is 4.74 Å². The Labute approximate surface area is 147 Å². The number of amides is 1. The zero-order valence-corrected chi connectivity index (χ0v) is 14.1. The third kappa shape index (κ3) is 3.06. The van der Waals surface area contributed by atoms with Crippen LogP contribution in [-0.2, 0) is 17.8 Å². The van der Waals surface area contributed by atoms with E-state index in [9.17, 15) is 4.79 Å². The van der Waals surface area contributed by atoms with Crippen molar-refractivity contribution >= 4 is 11.6 Å². The molecule has 0 aromatic heterocycles. The molecular formula is C22H19NO2. The number of rotatable bonds is 4. The number of ether oxygens (including phenoxy) is 1. The number of benzene rings is 3. The molecule has 3 aromatic rings. The maximum Gasteiger partial charge on any atom is 0.255 e. The number of carbonyl (C=O) groups is 1. The number of fused-ring (bicyclic) bond motifs is 3. The maximum atomic E-state index is 12.5. The van der Waals surface area contributed by atoms with Crippen molar-refractivity contribution in [2.24, 2.45) is 0 Å². The predicted octanol–water partition coefficient (Wildman–Crippen LogP) is 4.66. The minimum absolute atomic E-state index is 0.103. The van der Waals surface area contributed by atoms with Crippen molar-refractivity contribution < 1.29 is 9.53 Å². The molecule has 0 fully saturated rings. The standard InChI is InChI=1S/C22H19NO2/c1-25-14-15-5-4-7-17(11-15)22(24)23-19-9-10-21-18(13-19)12-16-6-2-3-8-20(16)21/h2-11,13H,12,14H2,1H3,(H,23,24). The van der Waals surface area contributed by atoms with Gasteiger partial charge in [-0.1, -0.05) is 42.5 Å². The Balaban J connectivity index is 1.55. The van der Waals surface area contributed by atoms with Crippen molar-refractivity contribution in [1.82, 2.24) is 0 Å². The van der Waals surface area contributed by atoms with Gasteiger partial charge in [-0.05, 0) is 58.5 Å². The normalized spacial score (nSPS) is 11.7. The van der Waals surface area contributed by atoms with E-state index >= 15 is 0 Å². The minimum atomic E-state index is -0.103. The van der Waals surface area contributed by atoms with E-state index in [2.05, 4.69) is 41.7 Å². The van der Waals surface area contributed by atoms with Crippen LogP contribution >= 0.6 is 0 Å². The zero-order valence-electron chi connectivity index (χ0n) is 14.1. The summed E-state index contributed by atoms with van der Waals surface area (Å²) < 4.78 is 5.13. The van der Waals surface area contributed by atoms with E-state index in [1.54, 1.807) is 7.11 Å². The van der Waals surface area contributed by atoms with E-state index < -0.39 is 0 Å². The molecule has 0 heterocycles. The van der Waals surface area contributed by atoms with Gasteiger partial charge in [0.1, 0.15) is 0 Å². The Kier molecular flexibility index (Phi) is 4.08. The number of methoxy groups -OCH3 is 1. The summed E-state index contributed by atoms with van der Waals surface area (Å²) in [6, 6.07) is 22.1. The van der Waals surface area contributed by atoms with Crippen LogP contribution in [-0.4, -0.2) is 13.0 Å². The third-order valence-electron chi connectivity index (χ3n) is 4.55. The lowest BCUT2D eigenvalue weighted by Gasteiger charge is -2.09. The van der Waals surface area contributed by atoms with Gasteiger partial charge in [0.05, 0.1) is 6.61 Å². The predicted molar refractivity (Wildman–Crippen MR) is 99.8 cm³/mol. The van der Waals surface area contributed by atoms with E-state index in [-0.39, 0.29) is 5.91 Å². The van der Waals surface area contributed by atoms with Crippen LogP contribution in [0.3, 0.4) is 0 Å². The molecule has 0 radical (unpaired) electrons. The van der Waals surface area contributed by atoms with Crippen LogP contribution in [0.2, 0.25) is 0 Å². The highest BCUT2D eigenvalue weighted by Crippen LogP contribution is 2.37. The summed E-state index contributed by atoms with van der Waals surface area (Å²) in [5.41, 5.74) is 7.60. The van der Waals surface area contributed by atoms with Gasteiger partial charge >= 0.3 is 0 Å². The number of anilines is 1. The van der Waals surface area contributed by atoms with Crippen molar-refractivity contribution in [2.45, 2.75) is 13.0 Å². The van der Waals surface area contributed by atoms with Crippen molar-refractivity contribution in [3.8, 4) is 11.1 Å². The Hall–Kier alpha value is -2.91. The molecule has 0 unspecified atom stereocenters. The van der Waals surface area contributed by atoms with Crippen LogP contribution in [0.4, 0.5) is 5.69 Å². The van der Waals surface area contributed by atoms with Gasteiger partial charge in [-0.15, -0.1) is 0 Å². The Morgan fingerprint density at radius 1 is 0.960 bits per heavy atom. The van der Waals surface area contributed by atoms with Crippen LogP contribution in [0.15, 0.2) is 66.7 Å². The van der Waals surface area contributed by atoms with Crippen molar-refractivity contribution in [2.75, 3.05) is 12.4 Å². The number of nitrogens with one attached hydrogen (secondary N) is 1. The first-order chi connectivity index (χ1) is 12.2. The molecule has 1 aliphatic carbocycles. The molecular weight excluding hydrogens is 310 g/mol. The molecule has 1 N–H and O–H groups in total. The second-order valence-corrected chi connectivity index (χ2v) is 6.29. The summed E-state index contributed by atoms with van der Waals surface area (Å²) >= 11 is 0. The van der Waals surface area contributed by atoms with E-state index in [1.165, 1.54) is 22.3 Å². The monoisotopic (exact) mass is 329 g/mol. The lowest BCUT2D eigenvalue weighted by atomic mass is 10.1. The lowest BCUT2D eigenvalue weighted by Crippen LogP contribution is -2.12. The van der Waals surface area contributed by atoms with Gasteiger partial charge in [0.25, 0.3) is 5.91 Å². The molecule has 1 amide bonds. The SMILES string of the molecule is COCc1cccc(C(=O)Nc2ccc3c(c2)Cc2ccccc2-3)c1. The molecule has 25 heavy (non-hydrogen) atoms. The summed E-state index contributed by atoms with van der Waals surface area (Å²) in [7, 11) is 1.65. The lowest BCUT2D eigenvalue weighted by molar-refractivity contribution is 0.102. The summed E-state index contributed by atoms with van der Waals surface area (Å²) in [5.74, 6) is -0.103. The van der Waals surface area contributed by atoms with Crippen LogP contribution in [0, 0.1) is 0 Å². The quantitative estimate of drug-likeness (QED) is 0.591. The highest BCUT2D eigenvalue weighted by Gasteiger charge is 2.18. The van der Waals surface area contributed by atoms with Crippen LogP contribution in [0.1, 0.15) is 27.0 Å². The molecule has 0 saturated carbocycles. The molecule has 3 heteroatoms. The zero-order chi connectivity index (χ0) is 17.2. The molecule has 3 aromatic carbocycles. The molecule has 1 aliphatic rings. The summed E-state index contributed by atoms with van der Waals surface area (Å²) in [4.78, 5) is 12.5. The van der Waals surface area contributed by atoms with Crippen LogP contribution < -0.4 is 5.32 Å². The molecule has 0 aliphatic heterocycles. The van der Waals surface area contributed by atoms with Gasteiger partial charge in [0, 0.05) is 18.4 Å². The highest BCUT2D eigenvalue weighted by molar-refractivity contribution is 6.04. The number of hydrogen-bond acceptors (Lipinski definition) is 2. The average molecular weight is 329 g/mol. The largest absolute Gasteiger partial charge is 0.380 e. The second-order valence-electron chi connectivity index (χ2n) is 6.29. The molecule has 0 bridgehead atoms. The maximum absolute atomic E-state index is 12.5. The van der Waals surface area contributed by atoms with E-state index in [0.29, 0.717) is 12.2 Å². The Morgan fingerprint density at radius 3 is 2.68 bits per heavy atom. The first-order valence-electron chi connectivity index (χ1n) is 8.35. The number of carbonyl (C=O) groups excluding carboxylic acids is 1. The van der Waals surface area contributed by atoms with Crippen molar-refractivity contribution in [3.63, 3.8) is 0 Å². The Morgan fingerprint density at radius 2 is 1.80 bits per heavy atom. The van der Waals surface area contributed by atoms with Gasteiger partial charge in [0.2, 0.25) is 0 Å². The van der Waals surface area contributed by atoms with Gasteiger partial charge < -0.3 is 10.1 Å². The minimum Gasteiger partial charge on any atom is -0.380 e. The van der Waals surface area contributed by atoms with Crippen molar-refractivity contribution in [3.05, 3.63) is 89.0 Å². The molecule has 0 spiro atoms. The fourth-order valence-corrected chi connectivity index (χ4v) is 3.40. The smallest absolute Gasteiger partial charge is 0.255 e. The van der Waals surface area contributed by atoms with Gasteiger partial charge in [-0.3, -0.25) is 4.79 Å². The van der Waals surface area contributed by atoms with Gasteiger partial charge in [0.15, 0.2) is 0 Å². The summed E-state index contributed by atoms with van der Waals surface area (Å²) in [6.45, 7) is 0.498. The first-order valence-corrected chi connectivity index (χ1v) is 8.35. The van der Waals surface area contributed by atoms with Crippen molar-refractivity contribution in [1.29, 1.82) is 0 Å².